The van der Waals surface area contributed by atoms with Gasteiger partial charge in [-0.3, -0.25) is 9.59 Å². The lowest BCUT2D eigenvalue weighted by Gasteiger charge is -2.30. The Balaban J connectivity index is 1.11. The van der Waals surface area contributed by atoms with Crippen LogP contribution in [-0.2, 0) is 38.8 Å². The molecule has 4 N–H and O–H groups in total. The normalized spacial score (nSPS) is 17.7. The van der Waals surface area contributed by atoms with E-state index in [1.54, 1.807) is 23.4 Å². The van der Waals surface area contributed by atoms with E-state index in [0.29, 0.717) is 38.0 Å². The molecule has 4 aromatic rings. The van der Waals surface area contributed by atoms with Crippen molar-refractivity contribution in [2.24, 2.45) is 23.7 Å². The number of carbonyl (C=O) groups excluding carboxylic acids is 4. The first-order valence-corrected chi connectivity index (χ1v) is 20.8. The number of H-pyrrole nitrogens is 2. The highest BCUT2D eigenvalue weighted by Gasteiger charge is 2.40. The molecule has 0 saturated carbocycles. The van der Waals surface area contributed by atoms with Gasteiger partial charge in [-0.25, -0.2) is 19.6 Å². The number of hydrogen-bond acceptors (Lipinski definition) is 10. The number of hydrogen-bond donors (Lipinski definition) is 4. The van der Waals surface area contributed by atoms with Crippen LogP contribution in [0.5, 0.6) is 11.5 Å². The van der Waals surface area contributed by atoms with Gasteiger partial charge in [0.05, 0.1) is 50.6 Å². The summed E-state index contributed by atoms with van der Waals surface area (Å²) in [6.45, 7) is 17.3. The van der Waals surface area contributed by atoms with E-state index in [2.05, 4.69) is 51.2 Å². The molecule has 61 heavy (non-hydrogen) atoms. The molecule has 5 unspecified atom stereocenters. The maximum absolute atomic E-state index is 13.8. The first kappa shape index (κ1) is 42.8. The van der Waals surface area contributed by atoms with Gasteiger partial charge in [-0.1, -0.05) is 47.6 Å². The van der Waals surface area contributed by atoms with Gasteiger partial charge in [0, 0.05) is 46.5 Å². The Hall–Kier alpha value is -6.32. The molecule has 2 aromatic heterocycles. The highest BCUT2D eigenvalue weighted by Crippen LogP contribution is 2.51. The van der Waals surface area contributed by atoms with Crippen LogP contribution in [0.4, 0.5) is 9.59 Å². The van der Waals surface area contributed by atoms with Crippen LogP contribution >= 0.6 is 0 Å². The van der Waals surface area contributed by atoms with Gasteiger partial charge >= 0.3 is 12.2 Å². The number of aromatic nitrogens is 4. The topological polar surface area (TPSA) is 193 Å². The third kappa shape index (κ3) is 8.79. The fourth-order valence-electron chi connectivity index (χ4n) is 8.39. The largest absolute Gasteiger partial charge is 0.488 e. The molecule has 16 nitrogen and oxygen atoms in total. The SMILES string of the molecule is C=CC(C)CN(Cc1ncc(-c2cc3c4c(c2)OCc2cc(-c5cnc(C6CC(C)CN6C(=O)C(NC(=O)OC)C(C)C)[nH]5)cc(c2-4)OC3)[nH]1)C(=O)C(NC(=O)OC)C(C)C. The number of carbonyl (C=O) groups is 4. The third-order valence-corrected chi connectivity index (χ3v) is 11.7. The minimum Gasteiger partial charge on any atom is -0.488 e. The van der Waals surface area contributed by atoms with Crippen LogP contribution in [0.1, 0.15) is 76.8 Å². The predicted octanol–water partition coefficient (Wildman–Crippen LogP) is 6.74. The molecule has 0 spiro atoms. The monoisotopic (exact) mass is 836 g/mol. The number of imidazole rings is 2. The summed E-state index contributed by atoms with van der Waals surface area (Å²) in [5.41, 5.74) is 7.24. The molecule has 1 saturated heterocycles. The van der Waals surface area contributed by atoms with Gasteiger partial charge in [0.15, 0.2) is 0 Å². The number of likely N-dealkylation sites (tertiary alicyclic amines) is 1. The van der Waals surface area contributed by atoms with Crippen LogP contribution in [0.2, 0.25) is 0 Å². The predicted molar refractivity (Wildman–Crippen MR) is 227 cm³/mol. The average Bonchev–Trinajstić information content (AvgIpc) is 4.03. The van der Waals surface area contributed by atoms with Crippen LogP contribution in [-0.4, -0.2) is 93.1 Å². The lowest BCUT2D eigenvalue weighted by Crippen LogP contribution is -2.51. The Morgan fingerprint density at radius 3 is 1.98 bits per heavy atom. The molecule has 7 rings (SSSR count). The van der Waals surface area contributed by atoms with Crippen molar-refractivity contribution in [1.29, 1.82) is 0 Å². The Morgan fingerprint density at radius 1 is 0.869 bits per heavy atom. The Kier molecular flexibility index (Phi) is 12.4. The van der Waals surface area contributed by atoms with Crippen molar-refractivity contribution in [3.63, 3.8) is 0 Å². The molecule has 16 heteroatoms. The zero-order valence-corrected chi connectivity index (χ0v) is 36.1. The number of aromatic amines is 2. The van der Waals surface area contributed by atoms with E-state index in [0.717, 1.165) is 62.7 Å². The summed E-state index contributed by atoms with van der Waals surface area (Å²) in [5.74, 6) is 2.28. The molecule has 4 amide bonds. The summed E-state index contributed by atoms with van der Waals surface area (Å²) in [6.07, 6.45) is 4.75. The molecule has 0 bridgehead atoms. The number of nitrogens with one attached hydrogen (secondary N) is 4. The quantitative estimate of drug-likeness (QED) is 0.0989. The number of benzene rings is 2. The van der Waals surface area contributed by atoms with Crippen LogP contribution in [0.15, 0.2) is 49.3 Å². The molecule has 3 aliphatic rings. The van der Waals surface area contributed by atoms with Crippen molar-refractivity contribution in [2.75, 3.05) is 27.3 Å². The summed E-state index contributed by atoms with van der Waals surface area (Å²) >= 11 is 0. The van der Waals surface area contributed by atoms with Crippen molar-refractivity contribution in [2.45, 2.75) is 85.8 Å². The molecule has 2 aromatic carbocycles. The fraction of sp³-hybridized carbons (Fsp3) is 0.467. The van der Waals surface area contributed by atoms with Crippen molar-refractivity contribution in [3.05, 3.63) is 72.1 Å². The second-order valence-electron chi connectivity index (χ2n) is 17.0. The summed E-state index contributed by atoms with van der Waals surface area (Å²) in [5, 5.41) is 5.40. The Morgan fingerprint density at radius 2 is 1.43 bits per heavy atom. The maximum Gasteiger partial charge on any atom is 0.407 e. The number of methoxy groups -OCH3 is 2. The van der Waals surface area contributed by atoms with Gasteiger partial charge in [-0.05, 0) is 54.4 Å². The van der Waals surface area contributed by atoms with E-state index in [1.807, 2.05) is 51.7 Å². The highest BCUT2D eigenvalue weighted by atomic mass is 16.5. The first-order chi connectivity index (χ1) is 29.2. The zero-order valence-electron chi connectivity index (χ0n) is 36.1. The number of nitrogens with zero attached hydrogens (tertiary/aromatic N) is 4. The summed E-state index contributed by atoms with van der Waals surface area (Å²) in [6, 6.07) is 6.39. The van der Waals surface area contributed by atoms with E-state index < -0.39 is 24.3 Å². The maximum atomic E-state index is 13.8. The first-order valence-electron chi connectivity index (χ1n) is 20.8. The van der Waals surface area contributed by atoms with Crippen LogP contribution < -0.4 is 20.1 Å². The molecule has 0 aliphatic carbocycles. The van der Waals surface area contributed by atoms with Gasteiger partial charge in [0.25, 0.3) is 0 Å². The second-order valence-corrected chi connectivity index (χ2v) is 17.0. The fourth-order valence-corrected chi connectivity index (χ4v) is 8.39. The van der Waals surface area contributed by atoms with E-state index in [9.17, 15) is 19.2 Å². The lowest BCUT2D eigenvalue weighted by atomic mass is 9.87. The number of ether oxygens (including phenoxy) is 4. The van der Waals surface area contributed by atoms with Crippen LogP contribution in [0.3, 0.4) is 0 Å². The molecule has 3 aliphatic heterocycles. The second kappa shape index (κ2) is 17.7. The van der Waals surface area contributed by atoms with Gasteiger partial charge in [-0.15, -0.1) is 6.58 Å². The van der Waals surface area contributed by atoms with Crippen molar-refractivity contribution in [1.82, 2.24) is 40.4 Å². The van der Waals surface area contributed by atoms with Crippen LogP contribution in [0, 0.1) is 23.7 Å². The molecule has 1 fully saturated rings. The summed E-state index contributed by atoms with van der Waals surface area (Å²) < 4.78 is 22.5. The Bertz CT molecular complexity index is 2270. The van der Waals surface area contributed by atoms with E-state index >= 15 is 0 Å². The third-order valence-electron chi connectivity index (χ3n) is 11.7. The van der Waals surface area contributed by atoms with E-state index in [1.165, 1.54) is 14.2 Å². The van der Waals surface area contributed by atoms with Crippen molar-refractivity contribution < 1.29 is 38.1 Å². The number of amides is 4. The van der Waals surface area contributed by atoms with E-state index in [-0.39, 0.29) is 48.1 Å². The minimum absolute atomic E-state index is 0.00180. The molecule has 5 atom stereocenters. The minimum atomic E-state index is -0.781. The van der Waals surface area contributed by atoms with Gasteiger partial charge in [-0.2, -0.15) is 0 Å². The van der Waals surface area contributed by atoms with Crippen molar-refractivity contribution in [3.8, 4) is 45.1 Å². The van der Waals surface area contributed by atoms with Gasteiger partial charge in [0.1, 0.15) is 48.4 Å². The van der Waals surface area contributed by atoms with Gasteiger partial charge in [0.2, 0.25) is 11.8 Å². The Labute approximate surface area is 355 Å². The van der Waals surface area contributed by atoms with Gasteiger partial charge < -0.3 is 49.3 Å². The smallest absolute Gasteiger partial charge is 0.407 e. The number of alkyl carbamates (subject to hydrolysis) is 2. The molecular weight excluding hydrogens is 781 g/mol. The standard InChI is InChI=1S/C45H56N8O8/c1-10-25(6)18-52(42(54)39(23(2)3)50-44(56)58-8)20-36-46-16-31(48-36)27-12-29-21-61-35-15-28(13-30-22-60-34(14-27)37(29)38(30)35)32-17-47-41(49-32)33-11-26(7)19-53(33)43(55)40(24(4)5)51-45(57)59-9/h10,12-17,23-26,33,39-40H,1,11,18-22H2,2-9H3,(H,46,48)(H,47,49)(H,50,56)(H,51,57). The highest BCUT2D eigenvalue weighted by molar-refractivity contribution is 5.89. The lowest BCUT2D eigenvalue weighted by molar-refractivity contribution is -0.136. The zero-order chi connectivity index (χ0) is 43.7. The molecule has 0 radical (unpaired) electrons. The molecule has 5 heterocycles. The molecular formula is C45H56N8O8. The van der Waals surface area contributed by atoms with Crippen LogP contribution in [0.25, 0.3) is 33.6 Å². The number of rotatable bonds is 14. The average molecular weight is 837 g/mol. The summed E-state index contributed by atoms with van der Waals surface area (Å²) in [4.78, 5) is 71.6. The van der Waals surface area contributed by atoms with E-state index in [4.69, 9.17) is 23.9 Å². The molecule has 324 valence electrons. The summed E-state index contributed by atoms with van der Waals surface area (Å²) in [7, 11) is 2.56. The van der Waals surface area contributed by atoms with Crippen molar-refractivity contribution >= 4 is 24.0 Å².